The quantitative estimate of drug-likeness (QED) is 0.676. The molecule has 0 aliphatic carbocycles. The fourth-order valence-corrected chi connectivity index (χ4v) is 1.56. The molecule has 1 aliphatic rings. The lowest BCUT2D eigenvalue weighted by Crippen LogP contribution is -2.37. The Morgan fingerprint density at radius 2 is 1.93 bits per heavy atom. The summed E-state index contributed by atoms with van der Waals surface area (Å²) in [5, 5.41) is 0. The van der Waals surface area contributed by atoms with Crippen molar-refractivity contribution < 1.29 is 0 Å². The molecule has 2 heteroatoms. The van der Waals surface area contributed by atoms with Crippen LogP contribution in [-0.2, 0) is 5.41 Å². The van der Waals surface area contributed by atoms with Gasteiger partial charge < -0.3 is 4.90 Å². The third kappa shape index (κ3) is 1.74. The number of aromatic nitrogens is 1. The number of hydrogen-bond donors (Lipinski definition) is 0. The molecule has 0 atom stereocenters. The van der Waals surface area contributed by atoms with Crippen molar-refractivity contribution in [3.63, 3.8) is 0 Å². The fraction of sp³-hybridized carbons (Fsp3) is 0.583. The second kappa shape index (κ2) is 3.26. The van der Waals surface area contributed by atoms with Crippen LogP contribution >= 0.6 is 0 Å². The Morgan fingerprint density at radius 3 is 2.43 bits per heavy atom. The zero-order valence-corrected chi connectivity index (χ0v) is 9.25. The van der Waals surface area contributed by atoms with Gasteiger partial charge in [-0.15, -0.1) is 0 Å². The molecule has 76 valence electrons. The first-order valence-corrected chi connectivity index (χ1v) is 5.30. The monoisotopic (exact) mass is 190 g/mol. The molecule has 0 aromatic carbocycles. The molecule has 0 radical (unpaired) electrons. The van der Waals surface area contributed by atoms with Crippen molar-refractivity contribution in [2.24, 2.45) is 0 Å². The highest BCUT2D eigenvalue weighted by atomic mass is 15.2. The minimum absolute atomic E-state index is 0.154. The van der Waals surface area contributed by atoms with E-state index >= 15 is 0 Å². The van der Waals surface area contributed by atoms with Crippen LogP contribution in [0.3, 0.4) is 0 Å². The molecule has 0 saturated carbocycles. The van der Waals surface area contributed by atoms with Gasteiger partial charge in [0.25, 0.3) is 0 Å². The average molecular weight is 190 g/mol. The summed E-state index contributed by atoms with van der Waals surface area (Å²) in [7, 11) is 0. The maximum atomic E-state index is 4.69. The molecule has 1 aliphatic heterocycles. The van der Waals surface area contributed by atoms with Gasteiger partial charge in [0, 0.05) is 24.2 Å². The second-order valence-electron chi connectivity index (χ2n) is 4.97. The Balaban J connectivity index is 2.26. The molecule has 0 bridgehead atoms. The van der Waals surface area contributed by atoms with E-state index in [4.69, 9.17) is 4.98 Å². The summed E-state index contributed by atoms with van der Waals surface area (Å²) >= 11 is 0. The highest BCUT2D eigenvalue weighted by Crippen LogP contribution is 2.24. The first kappa shape index (κ1) is 9.50. The van der Waals surface area contributed by atoms with Crippen molar-refractivity contribution in [1.29, 1.82) is 0 Å². The molecule has 0 unspecified atom stereocenters. The summed E-state index contributed by atoms with van der Waals surface area (Å²) < 4.78 is 0. The lowest BCUT2D eigenvalue weighted by atomic mass is 9.92. The second-order valence-corrected chi connectivity index (χ2v) is 4.97. The fourth-order valence-electron chi connectivity index (χ4n) is 1.56. The third-order valence-corrected chi connectivity index (χ3v) is 2.68. The zero-order chi connectivity index (χ0) is 10.2. The van der Waals surface area contributed by atoms with Crippen LogP contribution < -0.4 is 4.90 Å². The van der Waals surface area contributed by atoms with Gasteiger partial charge in [-0.1, -0.05) is 26.8 Å². The van der Waals surface area contributed by atoms with Gasteiger partial charge in [0.2, 0.25) is 0 Å². The molecule has 1 saturated heterocycles. The van der Waals surface area contributed by atoms with Crippen molar-refractivity contribution >= 4 is 5.82 Å². The van der Waals surface area contributed by atoms with Crippen LogP contribution in [0.15, 0.2) is 18.2 Å². The maximum Gasteiger partial charge on any atom is 0.128 e. The Morgan fingerprint density at radius 1 is 1.21 bits per heavy atom. The largest absolute Gasteiger partial charge is 0.356 e. The van der Waals surface area contributed by atoms with Crippen molar-refractivity contribution in [1.82, 2.24) is 4.98 Å². The average Bonchev–Trinajstić information content (AvgIpc) is 2.00. The summed E-state index contributed by atoms with van der Waals surface area (Å²) in [5.74, 6) is 1.14. The zero-order valence-electron chi connectivity index (χ0n) is 9.25. The van der Waals surface area contributed by atoms with E-state index in [9.17, 15) is 0 Å². The minimum atomic E-state index is 0.154. The highest BCUT2D eigenvalue weighted by Gasteiger charge is 2.19. The molecule has 0 N–H and O–H groups in total. The molecule has 2 heterocycles. The van der Waals surface area contributed by atoms with Crippen LogP contribution in [0.5, 0.6) is 0 Å². The standard InChI is InChI=1S/C12H18N2/c1-12(2,3)10-6-4-7-11(13-10)14-8-5-9-14/h4,6-7H,5,8-9H2,1-3H3. The number of pyridine rings is 1. The van der Waals surface area contributed by atoms with Crippen LogP contribution in [0.1, 0.15) is 32.9 Å². The van der Waals surface area contributed by atoms with Crippen LogP contribution in [0.2, 0.25) is 0 Å². The number of nitrogens with zero attached hydrogens (tertiary/aromatic N) is 2. The Hall–Kier alpha value is -1.05. The predicted molar refractivity (Wildman–Crippen MR) is 59.8 cm³/mol. The molecule has 0 spiro atoms. The van der Waals surface area contributed by atoms with Gasteiger partial charge in [-0.3, -0.25) is 0 Å². The Bertz CT molecular complexity index is 321. The molecule has 1 fully saturated rings. The van der Waals surface area contributed by atoms with Crippen LogP contribution in [0, 0.1) is 0 Å². The van der Waals surface area contributed by atoms with E-state index in [-0.39, 0.29) is 5.41 Å². The smallest absolute Gasteiger partial charge is 0.128 e. The molecule has 2 nitrogen and oxygen atoms in total. The molecule has 1 aromatic rings. The summed E-state index contributed by atoms with van der Waals surface area (Å²) in [6, 6.07) is 6.33. The van der Waals surface area contributed by atoms with Crippen LogP contribution in [0.4, 0.5) is 5.82 Å². The highest BCUT2D eigenvalue weighted by molar-refractivity contribution is 5.42. The minimum Gasteiger partial charge on any atom is -0.356 e. The van der Waals surface area contributed by atoms with Crippen molar-refractivity contribution in [3.8, 4) is 0 Å². The van der Waals surface area contributed by atoms with Crippen LogP contribution in [0.25, 0.3) is 0 Å². The molecular weight excluding hydrogens is 172 g/mol. The van der Waals surface area contributed by atoms with Crippen molar-refractivity contribution in [2.75, 3.05) is 18.0 Å². The van der Waals surface area contributed by atoms with Crippen LogP contribution in [-0.4, -0.2) is 18.1 Å². The lowest BCUT2D eigenvalue weighted by Gasteiger charge is -2.33. The number of anilines is 1. The molecule has 1 aromatic heterocycles. The molecular formula is C12H18N2. The summed E-state index contributed by atoms with van der Waals surface area (Å²) in [5.41, 5.74) is 1.34. The summed E-state index contributed by atoms with van der Waals surface area (Å²) in [6.45, 7) is 8.95. The van der Waals surface area contributed by atoms with E-state index in [1.54, 1.807) is 0 Å². The van der Waals surface area contributed by atoms with Gasteiger partial charge in [-0.25, -0.2) is 4.98 Å². The van der Waals surface area contributed by atoms with Gasteiger partial charge in [-0.2, -0.15) is 0 Å². The van der Waals surface area contributed by atoms with Gasteiger partial charge in [0.15, 0.2) is 0 Å². The van der Waals surface area contributed by atoms with E-state index in [0.717, 1.165) is 5.82 Å². The van der Waals surface area contributed by atoms with E-state index < -0.39 is 0 Å². The van der Waals surface area contributed by atoms with E-state index in [0.29, 0.717) is 0 Å². The predicted octanol–water partition coefficient (Wildman–Crippen LogP) is 2.59. The van der Waals surface area contributed by atoms with E-state index in [1.165, 1.54) is 25.2 Å². The van der Waals surface area contributed by atoms with E-state index in [1.807, 2.05) is 0 Å². The summed E-state index contributed by atoms with van der Waals surface area (Å²) in [4.78, 5) is 7.02. The molecule has 0 amide bonds. The molecule has 14 heavy (non-hydrogen) atoms. The number of hydrogen-bond acceptors (Lipinski definition) is 2. The van der Waals surface area contributed by atoms with Gasteiger partial charge in [0.1, 0.15) is 5.82 Å². The van der Waals surface area contributed by atoms with Gasteiger partial charge in [-0.05, 0) is 18.6 Å². The lowest BCUT2D eigenvalue weighted by molar-refractivity contribution is 0.559. The number of rotatable bonds is 1. The third-order valence-electron chi connectivity index (χ3n) is 2.68. The van der Waals surface area contributed by atoms with Crippen molar-refractivity contribution in [3.05, 3.63) is 23.9 Å². The Kier molecular flexibility index (Phi) is 2.22. The normalized spacial score (nSPS) is 16.6. The maximum absolute atomic E-state index is 4.69. The van der Waals surface area contributed by atoms with Crippen molar-refractivity contribution in [2.45, 2.75) is 32.6 Å². The first-order valence-electron chi connectivity index (χ1n) is 5.30. The van der Waals surface area contributed by atoms with E-state index in [2.05, 4.69) is 43.9 Å². The topological polar surface area (TPSA) is 16.1 Å². The Labute approximate surface area is 86.0 Å². The molecule has 2 rings (SSSR count). The SMILES string of the molecule is CC(C)(C)c1cccc(N2CCC2)n1. The van der Waals surface area contributed by atoms with Gasteiger partial charge in [0.05, 0.1) is 0 Å². The van der Waals surface area contributed by atoms with Gasteiger partial charge >= 0.3 is 0 Å². The summed E-state index contributed by atoms with van der Waals surface area (Å²) in [6.07, 6.45) is 1.31. The first-order chi connectivity index (χ1) is 6.57.